The van der Waals surface area contributed by atoms with Crippen molar-refractivity contribution >= 4 is 46.1 Å². The van der Waals surface area contributed by atoms with E-state index in [0.29, 0.717) is 18.1 Å². The molecule has 37 heavy (non-hydrogen) atoms. The molecule has 1 saturated carbocycles. The molecule has 1 saturated heterocycles. The number of nitrogens with zero attached hydrogens (tertiary/aromatic N) is 1. The second kappa shape index (κ2) is 11.7. The summed E-state index contributed by atoms with van der Waals surface area (Å²) in [7, 11) is 0. The average Bonchev–Trinajstić information content (AvgIpc) is 2.92. The second-order valence-corrected chi connectivity index (χ2v) is 10.2. The molecule has 0 radical (unpaired) electrons. The molecule has 3 aromatic rings. The van der Waals surface area contributed by atoms with Gasteiger partial charge < -0.3 is 20.9 Å². The molecular formula is C30H33ClN4O2. The van der Waals surface area contributed by atoms with Crippen molar-refractivity contribution in [2.24, 2.45) is 0 Å². The monoisotopic (exact) mass is 516 g/mol. The van der Waals surface area contributed by atoms with Crippen LogP contribution >= 0.6 is 11.6 Å². The lowest BCUT2D eigenvalue weighted by Gasteiger charge is -2.51. The Hall–Kier alpha value is -3.51. The van der Waals surface area contributed by atoms with E-state index in [2.05, 4.69) is 22.0 Å². The molecule has 3 N–H and O–H groups in total. The number of carbonyl (C=O) groups excluding carboxylic acids is 2. The van der Waals surface area contributed by atoms with Gasteiger partial charge in [-0.05, 0) is 42.0 Å². The summed E-state index contributed by atoms with van der Waals surface area (Å²) in [4.78, 5) is 27.8. The molecule has 192 valence electrons. The van der Waals surface area contributed by atoms with Gasteiger partial charge in [0.1, 0.15) is 6.04 Å². The summed E-state index contributed by atoms with van der Waals surface area (Å²) in [6.07, 6.45) is 9.70. The van der Waals surface area contributed by atoms with E-state index in [9.17, 15) is 9.59 Å². The van der Waals surface area contributed by atoms with Gasteiger partial charge >= 0.3 is 6.03 Å². The summed E-state index contributed by atoms with van der Waals surface area (Å²) in [5, 5.41) is 12.0. The molecule has 1 aliphatic carbocycles. The zero-order valence-corrected chi connectivity index (χ0v) is 21.6. The van der Waals surface area contributed by atoms with Gasteiger partial charge in [0.25, 0.3) is 0 Å². The Labute approximate surface area is 223 Å². The molecule has 0 bridgehead atoms. The normalized spacial score (nSPS) is 20.1. The topological polar surface area (TPSA) is 73.5 Å². The van der Waals surface area contributed by atoms with Crippen LogP contribution in [0.2, 0.25) is 5.02 Å². The molecule has 3 amide bonds. The van der Waals surface area contributed by atoms with Crippen molar-refractivity contribution in [2.45, 2.75) is 50.2 Å². The Morgan fingerprint density at radius 1 is 0.973 bits per heavy atom. The van der Waals surface area contributed by atoms with Gasteiger partial charge in [0.2, 0.25) is 5.91 Å². The van der Waals surface area contributed by atoms with Crippen LogP contribution in [0.3, 0.4) is 0 Å². The number of halogens is 1. The van der Waals surface area contributed by atoms with Crippen molar-refractivity contribution in [3.05, 3.63) is 83.4 Å². The third kappa shape index (κ3) is 5.91. The second-order valence-electron chi connectivity index (χ2n) is 9.77. The molecule has 2 atom stereocenters. The number of hydrogen-bond acceptors (Lipinski definition) is 3. The third-order valence-electron chi connectivity index (χ3n) is 7.29. The summed E-state index contributed by atoms with van der Waals surface area (Å²) < 4.78 is 0. The first-order chi connectivity index (χ1) is 18.1. The maximum absolute atomic E-state index is 13.1. The molecule has 0 unspecified atom stereocenters. The van der Waals surface area contributed by atoms with Gasteiger partial charge in [-0.15, -0.1) is 0 Å². The number of hydrogen-bond donors (Lipinski definition) is 3. The van der Waals surface area contributed by atoms with Gasteiger partial charge in [0.05, 0.1) is 6.04 Å². The van der Waals surface area contributed by atoms with Gasteiger partial charge in [0.15, 0.2) is 0 Å². The van der Waals surface area contributed by atoms with Crippen molar-refractivity contribution in [1.29, 1.82) is 0 Å². The minimum atomic E-state index is -0.544. The molecule has 1 heterocycles. The Morgan fingerprint density at radius 3 is 2.59 bits per heavy atom. The molecule has 2 aliphatic rings. The zero-order chi connectivity index (χ0) is 25.6. The molecule has 5 rings (SSSR count). The van der Waals surface area contributed by atoms with Crippen molar-refractivity contribution < 1.29 is 9.59 Å². The Morgan fingerprint density at radius 2 is 1.78 bits per heavy atom. The lowest BCUT2D eigenvalue weighted by molar-refractivity contribution is -0.152. The summed E-state index contributed by atoms with van der Waals surface area (Å²) in [5.74, 6) is 0.0114. The Bertz CT molecular complexity index is 1270. The quantitative estimate of drug-likeness (QED) is 0.260. The summed E-state index contributed by atoms with van der Waals surface area (Å²) in [5.41, 5.74) is 2.07. The predicted octanol–water partition coefficient (Wildman–Crippen LogP) is 5.83. The zero-order valence-electron chi connectivity index (χ0n) is 20.8. The lowest BCUT2D eigenvalue weighted by atomic mass is 9.85. The van der Waals surface area contributed by atoms with Gasteiger partial charge in [-0.25, -0.2) is 4.79 Å². The highest BCUT2D eigenvalue weighted by atomic mass is 35.5. The molecule has 3 aromatic carbocycles. The fraction of sp³-hybridized carbons (Fsp3) is 0.333. The number of fused-ring (bicyclic) bond motifs is 1. The van der Waals surface area contributed by atoms with E-state index in [1.165, 1.54) is 6.42 Å². The van der Waals surface area contributed by atoms with Gasteiger partial charge in [-0.3, -0.25) is 4.79 Å². The fourth-order valence-electron chi connectivity index (χ4n) is 5.41. The van der Waals surface area contributed by atoms with Crippen LogP contribution in [0.1, 0.15) is 37.7 Å². The first kappa shape index (κ1) is 25.2. The van der Waals surface area contributed by atoms with E-state index in [1.54, 1.807) is 0 Å². The van der Waals surface area contributed by atoms with E-state index in [4.69, 9.17) is 11.6 Å². The SMILES string of the molecule is O=C(NCCNc1cccc2cc(Cl)ccc12)N[C@H]1C(=O)N(C2CCCCC2)[C@H]1/C=C/c1ccccc1. The van der Waals surface area contributed by atoms with Gasteiger partial charge in [-0.1, -0.05) is 91.5 Å². The molecule has 6 nitrogen and oxygen atoms in total. The molecule has 2 fully saturated rings. The maximum Gasteiger partial charge on any atom is 0.315 e. The number of urea groups is 1. The number of rotatable bonds is 8. The minimum absolute atomic E-state index is 0.0114. The molecular weight excluding hydrogens is 484 g/mol. The standard InChI is InChI=1S/C30H33ClN4O2/c31-23-15-16-25-22(20-23)10-7-13-26(25)32-18-19-33-30(37)34-28-27(17-14-21-8-3-1-4-9-21)35(29(28)36)24-11-5-2-6-12-24/h1,3-4,7-10,13-17,20,24,27-28,32H,2,5-6,11-12,18-19H2,(H2,33,34,37)/b17-14+/t27-,28+/m0/s1. The van der Waals surface area contributed by atoms with Crippen molar-refractivity contribution in [1.82, 2.24) is 15.5 Å². The van der Waals surface area contributed by atoms with Gasteiger partial charge in [-0.2, -0.15) is 0 Å². The van der Waals surface area contributed by atoms with Gasteiger partial charge in [0, 0.05) is 35.2 Å². The maximum atomic E-state index is 13.1. The van der Waals surface area contributed by atoms with Crippen molar-refractivity contribution in [3.63, 3.8) is 0 Å². The van der Waals surface area contributed by atoms with Crippen molar-refractivity contribution in [3.8, 4) is 0 Å². The minimum Gasteiger partial charge on any atom is -0.383 e. The first-order valence-corrected chi connectivity index (χ1v) is 13.5. The van der Waals surface area contributed by atoms with E-state index in [0.717, 1.165) is 47.7 Å². The van der Waals surface area contributed by atoms with E-state index >= 15 is 0 Å². The molecule has 7 heteroatoms. The van der Waals surface area contributed by atoms with Crippen LogP contribution in [0.15, 0.2) is 72.8 Å². The number of benzene rings is 3. The van der Waals surface area contributed by atoms with Crippen molar-refractivity contribution in [2.75, 3.05) is 18.4 Å². The first-order valence-electron chi connectivity index (χ1n) is 13.1. The third-order valence-corrected chi connectivity index (χ3v) is 7.53. The number of nitrogens with one attached hydrogen (secondary N) is 3. The van der Waals surface area contributed by atoms with Crippen LogP contribution in [0.5, 0.6) is 0 Å². The lowest BCUT2D eigenvalue weighted by Crippen LogP contribution is -2.73. The average molecular weight is 517 g/mol. The fourth-order valence-corrected chi connectivity index (χ4v) is 5.59. The number of amides is 3. The summed E-state index contributed by atoms with van der Waals surface area (Å²) in [6, 6.07) is 21.1. The van der Waals surface area contributed by atoms with Crippen LogP contribution < -0.4 is 16.0 Å². The molecule has 1 aliphatic heterocycles. The predicted molar refractivity (Wildman–Crippen MR) is 151 cm³/mol. The summed E-state index contributed by atoms with van der Waals surface area (Å²) >= 11 is 6.11. The Balaban J connectivity index is 1.17. The largest absolute Gasteiger partial charge is 0.383 e. The van der Waals surface area contributed by atoms with Crippen LogP contribution in [-0.2, 0) is 4.79 Å². The highest BCUT2D eigenvalue weighted by Gasteiger charge is 2.49. The molecule has 0 spiro atoms. The van der Waals surface area contributed by atoms with Crippen LogP contribution in [0, 0.1) is 0 Å². The van der Waals surface area contributed by atoms with Crippen LogP contribution in [0.4, 0.5) is 10.5 Å². The van der Waals surface area contributed by atoms with Crippen LogP contribution in [0.25, 0.3) is 16.8 Å². The summed E-state index contributed by atoms with van der Waals surface area (Å²) in [6.45, 7) is 0.979. The number of carbonyl (C=O) groups is 2. The number of likely N-dealkylation sites (tertiary alicyclic amines) is 1. The Kier molecular flexibility index (Phi) is 7.95. The number of anilines is 1. The van der Waals surface area contributed by atoms with E-state index in [-0.39, 0.29) is 24.0 Å². The highest BCUT2D eigenvalue weighted by Crippen LogP contribution is 2.32. The van der Waals surface area contributed by atoms with E-state index < -0.39 is 6.04 Å². The van der Waals surface area contributed by atoms with Crippen LogP contribution in [-0.4, -0.2) is 48.1 Å². The molecule has 0 aromatic heterocycles. The smallest absolute Gasteiger partial charge is 0.315 e. The number of β-lactam (4-membered cyclic amide) rings is 1. The van der Waals surface area contributed by atoms with E-state index in [1.807, 2.05) is 77.7 Å². The highest BCUT2D eigenvalue weighted by molar-refractivity contribution is 6.31.